The van der Waals surface area contributed by atoms with Gasteiger partial charge in [0.2, 0.25) is 0 Å². The number of fused-ring (bicyclic) bond motifs is 1. The first-order chi connectivity index (χ1) is 16.9. The Morgan fingerprint density at radius 1 is 0.914 bits per heavy atom. The van der Waals surface area contributed by atoms with Crippen molar-refractivity contribution < 1.29 is 18.0 Å². The number of pyridine rings is 1. The molecule has 1 aliphatic heterocycles. The number of halogens is 3. The predicted molar refractivity (Wildman–Crippen MR) is 126 cm³/mol. The van der Waals surface area contributed by atoms with Gasteiger partial charge < -0.3 is 0 Å². The monoisotopic (exact) mass is 472 g/mol. The van der Waals surface area contributed by atoms with Gasteiger partial charge in [-0.1, -0.05) is 36.4 Å². The molecule has 3 heterocycles. The average Bonchev–Trinajstić information content (AvgIpc) is 3.33. The number of Topliss-reactive ketones (excluding diaryl/α,β-unsaturated/α-hetero) is 1. The second-order valence-electron chi connectivity index (χ2n) is 8.21. The summed E-state index contributed by atoms with van der Waals surface area (Å²) >= 11 is 0. The van der Waals surface area contributed by atoms with Gasteiger partial charge in [-0.25, -0.2) is 9.97 Å². The molecule has 0 unspecified atom stereocenters. The lowest BCUT2D eigenvalue weighted by molar-refractivity contribution is -0.137. The molecule has 0 spiro atoms. The average molecular weight is 472 g/mol. The Kier molecular flexibility index (Phi) is 5.94. The maximum absolute atomic E-state index is 13.0. The number of aliphatic imine (C=N–C) groups is 1. The van der Waals surface area contributed by atoms with Gasteiger partial charge in [-0.15, -0.1) is 0 Å². The third-order valence-corrected chi connectivity index (χ3v) is 5.79. The topological polar surface area (TPSA) is 68.1 Å². The van der Waals surface area contributed by atoms with Gasteiger partial charge in [0.05, 0.1) is 17.0 Å². The molecule has 0 fully saturated rings. The van der Waals surface area contributed by atoms with Gasteiger partial charge >= 0.3 is 6.18 Å². The third-order valence-electron chi connectivity index (χ3n) is 5.79. The zero-order valence-corrected chi connectivity index (χ0v) is 18.5. The van der Waals surface area contributed by atoms with E-state index >= 15 is 0 Å². The zero-order chi connectivity index (χ0) is 24.4. The molecule has 1 aliphatic rings. The third kappa shape index (κ3) is 4.87. The summed E-state index contributed by atoms with van der Waals surface area (Å²) in [6, 6.07) is 15.7. The van der Waals surface area contributed by atoms with E-state index in [1.807, 2.05) is 36.5 Å². The van der Waals surface area contributed by atoms with Gasteiger partial charge in [0, 0.05) is 42.8 Å². The summed E-state index contributed by atoms with van der Waals surface area (Å²) in [5.41, 5.74) is 4.86. The van der Waals surface area contributed by atoms with Crippen molar-refractivity contribution in [3.05, 3.63) is 107 Å². The van der Waals surface area contributed by atoms with Gasteiger partial charge in [0.25, 0.3) is 0 Å². The van der Waals surface area contributed by atoms with E-state index in [2.05, 4.69) is 19.9 Å². The van der Waals surface area contributed by atoms with Crippen molar-refractivity contribution >= 4 is 17.7 Å². The number of hydrogen-bond donors (Lipinski definition) is 0. The van der Waals surface area contributed by atoms with Crippen LogP contribution in [0.5, 0.6) is 0 Å². The summed E-state index contributed by atoms with van der Waals surface area (Å²) in [5.74, 6) is -0.374. The van der Waals surface area contributed by atoms with Crippen LogP contribution < -0.4 is 0 Å². The molecule has 0 amide bonds. The highest BCUT2D eigenvalue weighted by Crippen LogP contribution is 2.35. The Bertz CT molecular complexity index is 1450. The molecule has 0 saturated carbocycles. The lowest BCUT2D eigenvalue weighted by atomic mass is 9.97. The fourth-order valence-electron chi connectivity index (χ4n) is 4.11. The minimum absolute atomic E-state index is 0.00163. The van der Waals surface area contributed by atoms with Crippen LogP contribution in [0, 0.1) is 0 Å². The smallest absolute Gasteiger partial charge is 0.294 e. The molecule has 35 heavy (non-hydrogen) atoms. The molecule has 174 valence electrons. The molecule has 4 aromatic rings. The molecule has 2 aromatic heterocycles. The van der Waals surface area contributed by atoms with E-state index in [0.717, 1.165) is 51.6 Å². The molecule has 0 aliphatic carbocycles. The van der Waals surface area contributed by atoms with E-state index in [1.165, 1.54) is 18.5 Å². The van der Waals surface area contributed by atoms with Crippen LogP contribution in [0.2, 0.25) is 0 Å². The minimum Gasteiger partial charge on any atom is -0.294 e. The van der Waals surface area contributed by atoms with Gasteiger partial charge in [-0.3, -0.25) is 14.8 Å². The first kappa shape index (κ1) is 22.6. The molecule has 5 nitrogen and oxygen atoms in total. The summed E-state index contributed by atoms with van der Waals surface area (Å²) in [5, 5.41) is 0. The number of rotatable bonds is 6. The molecule has 2 aromatic carbocycles. The van der Waals surface area contributed by atoms with Crippen LogP contribution in [0.1, 0.15) is 38.4 Å². The molecular formula is C27H19F3N4O. The SMILES string of the molecule is O=C(Cc1cccc(Cc2ncccc2-c2ncnc3c2N=CC3)c1)c1cccc(C(F)(F)F)c1. The summed E-state index contributed by atoms with van der Waals surface area (Å²) in [6.45, 7) is 0. The Labute approximate surface area is 199 Å². The van der Waals surface area contributed by atoms with Crippen LogP contribution in [-0.2, 0) is 25.4 Å². The highest BCUT2D eigenvalue weighted by Gasteiger charge is 2.30. The van der Waals surface area contributed by atoms with Crippen LogP contribution in [-0.4, -0.2) is 26.9 Å². The normalized spacial score (nSPS) is 12.5. The number of aromatic nitrogens is 3. The molecule has 0 radical (unpaired) electrons. The van der Waals surface area contributed by atoms with E-state index in [-0.39, 0.29) is 17.8 Å². The fourth-order valence-corrected chi connectivity index (χ4v) is 4.11. The van der Waals surface area contributed by atoms with Gasteiger partial charge in [0.1, 0.15) is 17.7 Å². The highest BCUT2D eigenvalue weighted by molar-refractivity contribution is 5.97. The molecule has 0 N–H and O–H groups in total. The maximum atomic E-state index is 13.0. The lowest BCUT2D eigenvalue weighted by Gasteiger charge is -2.11. The molecular weight excluding hydrogens is 453 g/mol. The van der Waals surface area contributed by atoms with E-state index < -0.39 is 11.7 Å². The van der Waals surface area contributed by atoms with Crippen molar-refractivity contribution in [2.75, 3.05) is 0 Å². The Hall–Kier alpha value is -4.20. The van der Waals surface area contributed by atoms with Crippen molar-refractivity contribution in [1.29, 1.82) is 0 Å². The number of carbonyl (C=O) groups is 1. The van der Waals surface area contributed by atoms with E-state index in [0.29, 0.717) is 12.8 Å². The number of ketones is 1. The van der Waals surface area contributed by atoms with Crippen LogP contribution >= 0.6 is 0 Å². The number of hydrogen-bond acceptors (Lipinski definition) is 5. The zero-order valence-electron chi connectivity index (χ0n) is 18.5. The Balaban J connectivity index is 1.39. The van der Waals surface area contributed by atoms with Crippen LogP contribution in [0.4, 0.5) is 18.9 Å². The maximum Gasteiger partial charge on any atom is 0.416 e. The molecule has 0 saturated heterocycles. The van der Waals surface area contributed by atoms with Crippen molar-refractivity contribution in [2.45, 2.75) is 25.4 Å². The van der Waals surface area contributed by atoms with Gasteiger partial charge in [-0.05, 0) is 35.4 Å². The summed E-state index contributed by atoms with van der Waals surface area (Å²) in [7, 11) is 0. The van der Waals surface area contributed by atoms with Gasteiger partial charge in [-0.2, -0.15) is 13.2 Å². The predicted octanol–water partition coefficient (Wildman–Crippen LogP) is 5.83. The fraction of sp³-hybridized carbons (Fsp3) is 0.148. The second-order valence-corrected chi connectivity index (χ2v) is 8.21. The van der Waals surface area contributed by atoms with E-state index in [4.69, 9.17) is 0 Å². The van der Waals surface area contributed by atoms with Gasteiger partial charge in [0.15, 0.2) is 5.78 Å². The standard InChI is InChI=1S/C27H19F3N4O/c28-27(29,30)20-7-2-6-19(15-20)24(35)14-18-5-1-4-17(12-18)13-23-21(8-3-10-31-23)25-26-22(9-11-32-26)33-16-34-25/h1-8,10-12,15-16H,9,13-14H2. The van der Waals surface area contributed by atoms with Crippen LogP contribution in [0.15, 0.2) is 78.2 Å². The molecule has 8 heteroatoms. The number of nitrogens with zero attached hydrogens (tertiary/aromatic N) is 4. The largest absolute Gasteiger partial charge is 0.416 e. The van der Waals surface area contributed by atoms with Crippen molar-refractivity contribution in [2.24, 2.45) is 4.99 Å². The van der Waals surface area contributed by atoms with Crippen LogP contribution in [0.25, 0.3) is 11.3 Å². The number of carbonyl (C=O) groups excluding carboxylic acids is 1. The highest BCUT2D eigenvalue weighted by atomic mass is 19.4. The molecule has 0 bridgehead atoms. The summed E-state index contributed by atoms with van der Waals surface area (Å²) < 4.78 is 39.0. The van der Waals surface area contributed by atoms with Crippen LogP contribution in [0.3, 0.4) is 0 Å². The summed E-state index contributed by atoms with van der Waals surface area (Å²) in [4.78, 5) is 30.4. The van der Waals surface area contributed by atoms with Crippen molar-refractivity contribution in [1.82, 2.24) is 15.0 Å². The first-order valence-electron chi connectivity index (χ1n) is 11.0. The quantitative estimate of drug-likeness (QED) is 0.331. The first-order valence-corrected chi connectivity index (χ1v) is 11.0. The van der Waals surface area contributed by atoms with Crippen molar-refractivity contribution in [3.63, 3.8) is 0 Å². The van der Waals surface area contributed by atoms with E-state index in [9.17, 15) is 18.0 Å². The molecule has 0 atom stereocenters. The lowest BCUT2D eigenvalue weighted by Crippen LogP contribution is -2.09. The van der Waals surface area contributed by atoms with Crippen molar-refractivity contribution in [3.8, 4) is 11.3 Å². The number of alkyl halides is 3. The summed E-state index contributed by atoms with van der Waals surface area (Å²) in [6.07, 6.45) is 1.71. The van der Waals surface area contributed by atoms with E-state index in [1.54, 1.807) is 12.3 Å². The molecule has 5 rings (SSSR count). The number of benzene rings is 2. The minimum atomic E-state index is -4.49. The Morgan fingerprint density at radius 3 is 2.60 bits per heavy atom. The second kappa shape index (κ2) is 9.21. The Morgan fingerprint density at radius 2 is 1.74 bits per heavy atom.